The molecule has 0 radical (unpaired) electrons. The summed E-state index contributed by atoms with van der Waals surface area (Å²) in [4.78, 5) is 11.8. The van der Waals surface area contributed by atoms with Crippen molar-refractivity contribution in [1.29, 1.82) is 0 Å². The van der Waals surface area contributed by atoms with Gasteiger partial charge in [-0.2, -0.15) is 0 Å². The fourth-order valence-electron chi connectivity index (χ4n) is 4.49. The molecule has 2 heteroatoms. The summed E-state index contributed by atoms with van der Waals surface area (Å²) >= 11 is 0. The second kappa shape index (κ2) is 2.83. The van der Waals surface area contributed by atoms with Crippen LogP contribution in [0.1, 0.15) is 40.5 Å². The number of fused-ring (bicyclic) bond motifs is 2. The lowest BCUT2D eigenvalue weighted by Gasteiger charge is -2.15. The number of rotatable bonds is 2. The third kappa shape index (κ3) is 1.11. The number of hydrogen-bond acceptors (Lipinski definition) is 2. The Balaban J connectivity index is 1.71. The average molecular weight is 222 g/mol. The lowest BCUT2D eigenvalue weighted by Crippen LogP contribution is -2.13. The van der Waals surface area contributed by atoms with Gasteiger partial charge in [-0.25, -0.2) is 0 Å². The molecule has 0 aromatic heterocycles. The molecule has 0 heterocycles. The van der Waals surface area contributed by atoms with E-state index in [1.165, 1.54) is 12.8 Å². The number of ether oxygens (including phenoxy) is 1. The van der Waals surface area contributed by atoms with Gasteiger partial charge in [0.05, 0.1) is 12.5 Å². The van der Waals surface area contributed by atoms with Gasteiger partial charge in [0.15, 0.2) is 0 Å². The first-order valence-electron chi connectivity index (χ1n) is 6.59. The maximum Gasteiger partial charge on any atom is 0.309 e. The molecule has 0 bridgehead atoms. The largest absolute Gasteiger partial charge is 0.466 e. The normalized spacial score (nSPS) is 51.2. The molecule has 0 saturated heterocycles. The van der Waals surface area contributed by atoms with Crippen LogP contribution in [0, 0.1) is 34.5 Å². The molecule has 0 aromatic carbocycles. The van der Waals surface area contributed by atoms with Gasteiger partial charge in [0.2, 0.25) is 0 Å². The lowest BCUT2D eigenvalue weighted by molar-refractivity contribution is -0.145. The summed E-state index contributed by atoms with van der Waals surface area (Å²) in [7, 11) is 0. The SMILES string of the molecule is CCOC(=O)C1C2CC3C(CC21C)C3(C)C. The quantitative estimate of drug-likeness (QED) is 0.672. The van der Waals surface area contributed by atoms with E-state index in [9.17, 15) is 4.79 Å². The molecule has 3 rings (SSSR count). The van der Waals surface area contributed by atoms with E-state index in [1.807, 2.05) is 6.92 Å². The van der Waals surface area contributed by atoms with Gasteiger partial charge < -0.3 is 4.74 Å². The van der Waals surface area contributed by atoms with Crippen LogP contribution < -0.4 is 0 Å². The van der Waals surface area contributed by atoms with Crippen LogP contribution in [0.25, 0.3) is 0 Å². The summed E-state index contributed by atoms with van der Waals surface area (Å²) < 4.78 is 5.19. The highest BCUT2D eigenvalue weighted by Crippen LogP contribution is 2.79. The highest BCUT2D eigenvalue weighted by Gasteiger charge is 2.75. The van der Waals surface area contributed by atoms with Gasteiger partial charge in [-0.1, -0.05) is 20.8 Å². The summed E-state index contributed by atoms with van der Waals surface area (Å²) in [6.45, 7) is 9.48. The van der Waals surface area contributed by atoms with Crippen LogP contribution in [0.3, 0.4) is 0 Å². The van der Waals surface area contributed by atoms with E-state index < -0.39 is 0 Å². The molecule has 16 heavy (non-hydrogen) atoms. The molecule has 5 unspecified atom stereocenters. The minimum absolute atomic E-state index is 0.0640. The number of carbonyl (C=O) groups excluding carboxylic acids is 1. The van der Waals surface area contributed by atoms with Crippen LogP contribution >= 0.6 is 0 Å². The predicted molar refractivity (Wildman–Crippen MR) is 61.7 cm³/mol. The van der Waals surface area contributed by atoms with Gasteiger partial charge in [0.1, 0.15) is 0 Å². The summed E-state index contributed by atoms with van der Waals surface area (Å²) in [5, 5.41) is 0. The van der Waals surface area contributed by atoms with Crippen molar-refractivity contribution in [3.05, 3.63) is 0 Å². The van der Waals surface area contributed by atoms with E-state index in [4.69, 9.17) is 4.74 Å². The summed E-state index contributed by atoms with van der Waals surface area (Å²) in [6.07, 6.45) is 2.51. The monoisotopic (exact) mass is 222 g/mol. The fraction of sp³-hybridized carbons (Fsp3) is 0.929. The molecule has 0 spiro atoms. The van der Waals surface area contributed by atoms with Crippen LogP contribution in [-0.2, 0) is 9.53 Å². The van der Waals surface area contributed by atoms with E-state index >= 15 is 0 Å². The first-order valence-corrected chi connectivity index (χ1v) is 6.59. The molecule has 3 saturated carbocycles. The van der Waals surface area contributed by atoms with Crippen LogP contribution in [0.2, 0.25) is 0 Å². The summed E-state index contributed by atoms with van der Waals surface area (Å²) in [6, 6.07) is 0. The molecule has 3 fully saturated rings. The van der Waals surface area contributed by atoms with E-state index in [0.717, 1.165) is 11.8 Å². The Hall–Kier alpha value is -0.530. The Morgan fingerprint density at radius 2 is 1.94 bits per heavy atom. The standard InChI is InChI=1S/C14H22O2/c1-5-16-12(15)11-9-6-8-10(13(8,2)3)7-14(9,11)4/h8-11H,5-7H2,1-4H3. The van der Waals surface area contributed by atoms with Crippen molar-refractivity contribution in [2.24, 2.45) is 34.5 Å². The first kappa shape index (κ1) is 10.6. The first-order chi connectivity index (χ1) is 7.43. The zero-order valence-corrected chi connectivity index (χ0v) is 10.7. The van der Waals surface area contributed by atoms with Crippen LogP contribution in [-0.4, -0.2) is 12.6 Å². The molecule has 2 nitrogen and oxygen atoms in total. The molecule has 5 atom stereocenters. The minimum Gasteiger partial charge on any atom is -0.466 e. The summed E-state index contributed by atoms with van der Waals surface area (Å²) in [5.41, 5.74) is 0.830. The molecule has 3 aliphatic rings. The van der Waals surface area contributed by atoms with E-state index in [0.29, 0.717) is 17.9 Å². The molecular formula is C14H22O2. The third-order valence-corrected chi connectivity index (χ3v) is 5.85. The molecule has 0 N–H and O–H groups in total. The Labute approximate surface area is 97.7 Å². The topological polar surface area (TPSA) is 26.3 Å². The van der Waals surface area contributed by atoms with E-state index in [-0.39, 0.29) is 17.3 Å². The van der Waals surface area contributed by atoms with Gasteiger partial charge in [-0.05, 0) is 48.3 Å². The van der Waals surface area contributed by atoms with Crippen molar-refractivity contribution in [2.45, 2.75) is 40.5 Å². The van der Waals surface area contributed by atoms with Gasteiger partial charge in [0, 0.05) is 0 Å². The summed E-state index contributed by atoms with van der Waals surface area (Å²) in [5.74, 6) is 2.65. The highest BCUT2D eigenvalue weighted by atomic mass is 16.5. The molecule has 0 amide bonds. The van der Waals surface area contributed by atoms with E-state index in [1.54, 1.807) is 0 Å². The Morgan fingerprint density at radius 1 is 1.25 bits per heavy atom. The lowest BCUT2D eigenvalue weighted by atomic mass is 9.90. The molecule has 3 aliphatic carbocycles. The van der Waals surface area contributed by atoms with Gasteiger partial charge in [-0.3, -0.25) is 4.79 Å². The van der Waals surface area contributed by atoms with Crippen molar-refractivity contribution in [3.8, 4) is 0 Å². The second-order valence-corrected chi connectivity index (χ2v) is 6.82. The third-order valence-electron chi connectivity index (χ3n) is 5.85. The Morgan fingerprint density at radius 3 is 2.50 bits per heavy atom. The number of hydrogen-bond donors (Lipinski definition) is 0. The number of carbonyl (C=O) groups is 1. The number of esters is 1. The average Bonchev–Trinajstić information content (AvgIpc) is 2.96. The smallest absolute Gasteiger partial charge is 0.309 e. The molecule has 90 valence electrons. The minimum atomic E-state index is 0.0640. The zero-order chi connectivity index (χ0) is 11.7. The zero-order valence-electron chi connectivity index (χ0n) is 10.7. The maximum atomic E-state index is 11.8. The van der Waals surface area contributed by atoms with Crippen molar-refractivity contribution < 1.29 is 9.53 Å². The van der Waals surface area contributed by atoms with Crippen molar-refractivity contribution >= 4 is 5.97 Å². The second-order valence-electron chi connectivity index (χ2n) is 6.82. The molecule has 0 aromatic rings. The van der Waals surface area contributed by atoms with Crippen molar-refractivity contribution in [1.82, 2.24) is 0 Å². The van der Waals surface area contributed by atoms with Crippen LogP contribution in [0.5, 0.6) is 0 Å². The fourth-order valence-corrected chi connectivity index (χ4v) is 4.49. The Bertz CT molecular complexity index is 347. The van der Waals surface area contributed by atoms with Gasteiger partial charge >= 0.3 is 5.97 Å². The Kier molecular flexibility index (Phi) is 1.88. The van der Waals surface area contributed by atoms with Crippen LogP contribution in [0.15, 0.2) is 0 Å². The predicted octanol–water partition coefficient (Wildman–Crippen LogP) is 2.87. The highest BCUT2D eigenvalue weighted by molar-refractivity contribution is 5.78. The van der Waals surface area contributed by atoms with Gasteiger partial charge in [-0.15, -0.1) is 0 Å². The molecule has 0 aliphatic heterocycles. The van der Waals surface area contributed by atoms with Crippen molar-refractivity contribution in [2.75, 3.05) is 6.61 Å². The van der Waals surface area contributed by atoms with E-state index in [2.05, 4.69) is 20.8 Å². The molecular weight excluding hydrogens is 200 g/mol. The maximum absolute atomic E-state index is 11.8. The van der Waals surface area contributed by atoms with Crippen LogP contribution in [0.4, 0.5) is 0 Å². The van der Waals surface area contributed by atoms with Crippen molar-refractivity contribution in [3.63, 3.8) is 0 Å². The van der Waals surface area contributed by atoms with Gasteiger partial charge in [0.25, 0.3) is 0 Å².